The van der Waals surface area contributed by atoms with Crippen LogP contribution in [-0.4, -0.2) is 61.2 Å². The molecule has 2 atom stereocenters. The second-order valence-corrected chi connectivity index (χ2v) is 6.33. The summed E-state index contributed by atoms with van der Waals surface area (Å²) in [7, 11) is 3.84. The van der Waals surface area contributed by atoms with Gasteiger partial charge in [0.05, 0.1) is 10.6 Å². The lowest BCUT2D eigenvalue weighted by molar-refractivity contribution is 0.0779. The summed E-state index contributed by atoms with van der Waals surface area (Å²) in [6.45, 7) is 1.55. The number of rotatable bonds is 4. The number of carbonyl (C=O) groups is 1. The molecule has 1 fully saturated rings. The summed E-state index contributed by atoms with van der Waals surface area (Å²) in [5.41, 5.74) is -0.0530. The van der Waals surface area contributed by atoms with Gasteiger partial charge in [0.15, 0.2) is 11.6 Å². The van der Waals surface area contributed by atoms with Crippen LogP contribution in [0.15, 0.2) is 12.1 Å². The number of benzene rings is 1. The van der Waals surface area contributed by atoms with Gasteiger partial charge in [-0.1, -0.05) is 11.6 Å². The highest BCUT2D eigenvalue weighted by molar-refractivity contribution is 6.33. The first kappa shape index (κ1) is 17.1. The van der Waals surface area contributed by atoms with Crippen LogP contribution in [0.5, 0.6) is 0 Å². The Labute approximate surface area is 133 Å². The lowest BCUT2D eigenvalue weighted by atomic mass is 9.97. The van der Waals surface area contributed by atoms with Gasteiger partial charge in [-0.05, 0) is 32.1 Å². The van der Waals surface area contributed by atoms with E-state index < -0.39 is 17.5 Å². The minimum Gasteiger partial charge on any atom is -0.396 e. The van der Waals surface area contributed by atoms with Crippen molar-refractivity contribution in [1.82, 2.24) is 9.80 Å². The molecule has 1 aromatic rings. The molecule has 22 heavy (non-hydrogen) atoms. The summed E-state index contributed by atoms with van der Waals surface area (Å²) in [6, 6.07) is 1.63. The van der Waals surface area contributed by atoms with Gasteiger partial charge < -0.3 is 14.9 Å². The lowest BCUT2D eigenvalue weighted by Gasteiger charge is -2.20. The van der Waals surface area contributed by atoms with Gasteiger partial charge in [0, 0.05) is 32.2 Å². The molecule has 0 bridgehead atoms. The second-order valence-electron chi connectivity index (χ2n) is 5.92. The van der Waals surface area contributed by atoms with Gasteiger partial charge in [-0.25, -0.2) is 8.78 Å². The smallest absolute Gasteiger partial charge is 0.255 e. The molecule has 0 radical (unpaired) electrons. The topological polar surface area (TPSA) is 43.8 Å². The molecule has 0 aliphatic carbocycles. The Morgan fingerprint density at radius 2 is 1.91 bits per heavy atom. The van der Waals surface area contributed by atoms with Crippen LogP contribution in [0.3, 0.4) is 0 Å². The van der Waals surface area contributed by atoms with E-state index >= 15 is 0 Å². The summed E-state index contributed by atoms with van der Waals surface area (Å²) in [6.07, 6.45) is 0. The fourth-order valence-electron chi connectivity index (χ4n) is 2.84. The van der Waals surface area contributed by atoms with Crippen molar-refractivity contribution >= 4 is 17.5 Å². The summed E-state index contributed by atoms with van der Waals surface area (Å²) in [5.74, 6) is -2.52. The lowest BCUT2D eigenvalue weighted by Crippen LogP contribution is -2.31. The fourth-order valence-corrected chi connectivity index (χ4v) is 3.08. The van der Waals surface area contributed by atoms with Gasteiger partial charge >= 0.3 is 0 Å². The third kappa shape index (κ3) is 3.56. The fraction of sp³-hybridized carbons (Fsp3) is 0.533. The van der Waals surface area contributed by atoms with Crippen LogP contribution in [0.1, 0.15) is 10.4 Å². The molecule has 1 aromatic carbocycles. The molecule has 1 N–H and O–H groups in total. The Balaban J connectivity index is 2.18. The minimum atomic E-state index is -1.10. The Hall–Kier alpha value is -1.24. The largest absolute Gasteiger partial charge is 0.396 e. The number of hydrogen-bond acceptors (Lipinski definition) is 3. The van der Waals surface area contributed by atoms with Crippen molar-refractivity contribution in [2.45, 2.75) is 0 Å². The number of amides is 1. The zero-order chi connectivity index (χ0) is 16.4. The number of halogens is 3. The van der Waals surface area contributed by atoms with Crippen LogP contribution >= 0.6 is 11.6 Å². The summed E-state index contributed by atoms with van der Waals surface area (Å²) in [5, 5.41) is 9.35. The van der Waals surface area contributed by atoms with Gasteiger partial charge in [0.1, 0.15) is 0 Å². The van der Waals surface area contributed by atoms with Crippen LogP contribution in [0, 0.1) is 23.5 Å². The molecular weight excluding hydrogens is 314 g/mol. The second kappa shape index (κ2) is 6.89. The van der Waals surface area contributed by atoms with Gasteiger partial charge in [-0.3, -0.25) is 4.79 Å². The Kier molecular flexibility index (Phi) is 5.36. The van der Waals surface area contributed by atoms with Crippen LogP contribution in [0.25, 0.3) is 0 Å². The van der Waals surface area contributed by atoms with Crippen molar-refractivity contribution in [1.29, 1.82) is 0 Å². The SMILES string of the molecule is CN(C)C[C@@H]1CN(C(=O)c2cc(F)c(F)cc2Cl)C[C@@H]1CO. The zero-order valence-electron chi connectivity index (χ0n) is 12.5. The summed E-state index contributed by atoms with van der Waals surface area (Å²) >= 11 is 5.85. The summed E-state index contributed by atoms with van der Waals surface area (Å²) in [4.78, 5) is 16.0. The average molecular weight is 333 g/mol. The van der Waals surface area contributed by atoms with E-state index in [-0.39, 0.29) is 29.0 Å². The molecule has 0 spiro atoms. The van der Waals surface area contributed by atoms with Gasteiger partial charge in [0.25, 0.3) is 5.91 Å². The Bertz CT molecular complexity index is 569. The number of hydrogen-bond donors (Lipinski definition) is 1. The molecule has 1 aliphatic heterocycles. The molecular formula is C15H19ClF2N2O2. The number of aliphatic hydroxyl groups excluding tert-OH is 1. The predicted octanol–water partition coefficient (Wildman–Crippen LogP) is 1.86. The van der Waals surface area contributed by atoms with E-state index in [1.807, 2.05) is 19.0 Å². The van der Waals surface area contributed by atoms with E-state index in [9.17, 15) is 18.7 Å². The van der Waals surface area contributed by atoms with Crippen molar-refractivity contribution in [2.75, 3.05) is 40.3 Å². The summed E-state index contributed by atoms with van der Waals surface area (Å²) < 4.78 is 26.4. The highest BCUT2D eigenvalue weighted by Crippen LogP contribution is 2.28. The molecule has 1 amide bonds. The van der Waals surface area contributed by atoms with Crippen molar-refractivity contribution in [3.63, 3.8) is 0 Å². The van der Waals surface area contributed by atoms with Crippen molar-refractivity contribution in [3.05, 3.63) is 34.4 Å². The van der Waals surface area contributed by atoms with E-state index in [0.29, 0.717) is 13.1 Å². The quantitative estimate of drug-likeness (QED) is 0.856. The normalized spacial score (nSPS) is 21.7. The van der Waals surface area contributed by atoms with Gasteiger partial charge in [0.2, 0.25) is 0 Å². The third-order valence-electron chi connectivity index (χ3n) is 3.94. The molecule has 7 heteroatoms. The zero-order valence-corrected chi connectivity index (χ0v) is 13.3. The van der Waals surface area contributed by atoms with E-state index in [1.165, 1.54) is 4.90 Å². The Morgan fingerprint density at radius 1 is 1.32 bits per heavy atom. The first-order chi connectivity index (χ1) is 10.3. The maximum absolute atomic E-state index is 13.3. The van der Waals surface area contributed by atoms with E-state index in [4.69, 9.17) is 11.6 Å². The molecule has 0 aromatic heterocycles. The molecule has 1 heterocycles. The monoisotopic (exact) mass is 332 g/mol. The van der Waals surface area contributed by atoms with Crippen LogP contribution in [-0.2, 0) is 0 Å². The molecule has 1 saturated heterocycles. The maximum Gasteiger partial charge on any atom is 0.255 e. The first-order valence-electron chi connectivity index (χ1n) is 7.03. The third-order valence-corrected chi connectivity index (χ3v) is 4.25. The predicted molar refractivity (Wildman–Crippen MR) is 79.9 cm³/mol. The van der Waals surface area contributed by atoms with E-state index in [1.54, 1.807) is 0 Å². The number of nitrogens with zero attached hydrogens (tertiary/aromatic N) is 2. The maximum atomic E-state index is 13.3. The van der Waals surface area contributed by atoms with E-state index in [2.05, 4.69) is 0 Å². The standard InChI is InChI=1S/C15H19ClF2N2O2/c1-19(2)5-9-6-20(7-10(9)8-21)15(22)11-3-13(17)14(18)4-12(11)16/h3-4,9-10,21H,5-8H2,1-2H3/t9-,10-/m1/s1. The number of likely N-dealkylation sites (tertiary alicyclic amines) is 1. The van der Waals surface area contributed by atoms with E-state index in [0.717, 1.165) is 18.7 Å². The molecule has 1 aliphatic rings. The van der Waals surface area contributed by atoms with Gasteiger partial charge in [-0.2, -0.15) is 0 Å². The number of carbonyl (C=O) groups excluding carboxylic acids is 1. The molecule has 0 unspecified atom stereocenters. The highest BCUT2D eigenvalue weighted by Gasteiger charge is 2.36. The van der Waals surface area contributed by atoms with Crippen LogP contribution in [0.2, 0.25) is 5.02 Å². The number of aliphatic hydroxyl groups is 1. The van der Waals surface area contributed by atoms with Crippen molar-refractivity contribution in [2.24, 2.45) is 11.8 Å². The molecule has 122 valence electrons. The van der Waals surface area contributed by atoms with Crippen molar-refractivity contribution in [3.8, 4) is 0 Å². The first-order valence-corrected chi connectivity index (χ1v) is 7.40. The van der Waals surface area contributed by atoms with Crippen LogP contribution in [0.4, 0.5) is 8.78 Å². The highest BCUT2D eigenvalue weighted by atomic mass is 35.5. The van der Waals surface area contributed by atoms with Gasteiger partial charge in [-0.15, -0.1) is 0 Å². The van der Waals surface area contributed by atoms with Crippen molar-refractivity contribution < 1.29 is 18.7 Å². The average Bonchev–Trinajstić information content (AvgIpc) is 2.84. The molecule has 0 saturated carbocycles. The molecule has 4 nitrogen and oxygen atoms in total. The minimum absolute atomic E-state index is 0.0200. The van der Waals surface area contributed by atoms with Crippen LogP contribution < -0.4 is 0 Å². The Morgan fingerprint density at radius 3 is 2.50 bits per heavy atom. The molecule has 2 rings (SSSR count).